The lowest BCUT2D eigenvalue weighted by Gasteiger charge is -2.40. The van der Waals surface area contributed by atoms with Crippen LogP contribution in [0.4, 0.5) is 5.69 Å². The predicted octanol–water partition coefficient (Wildman–Crippen LogP) is 5.63. The number of halogens is 1. The van der Waals surface area contributed by atoms with Crippen molar-refractivity contribution in [2.45, 2.75) is 52.9 Å². The fourth-order valence-corrected chi connectivity index (χ4v) is 5.58. The van der Waals surface area contributed by atoms with Crippen LogP contribution in [0.15, 0.2) is 46.9 Å². The van der Waals surface area contributed by atoms with E-state index in [-0.39, 0.29) is 12.4 Å². The molecule has 1 aliphatic heterocycles. The first kappa shape index (κ1) is 24.1. The number of rotatable bonds is 2. The van der Waals surface area contributed by atoms with Gasteiger partial charge in [0.05, 0.1) is 23.2 Å². The van der Waals surface area contributed by atoms with Crippen LogP contribution in [0.25, 0.3) is 0 Å². The van der Waals surface area contributed by atoms with Gasteiger partial charge in [-0.25, -0.2) is 0 Å². The summed E-state index contributed by atoms with van der Waals surface area (Å²) in [7, 11) is 0. The van der Waals surface area contributed by atoms with E-state index in [1.807, 2.05) is 43.9 Å². The van der Waals surface area contributed by atoms with Gasteiger partial charge in [-0.1, -0.05) is 17.7 Å². The molecule has 32 heavy (non-hydrogen) atoms. The van der Waals surface area contributed by atoms with Crippen LogP contribution in [0.5, 0.6) is 0 Å². The monoisotopic (exact) mass is 469 g/mol. The van der Waals surface area contributed by atoms with Crippen LogP contribution < -0.4 is 10.6 Å². The van der Waals surface area contributed by atoms with Crippen molar-refractivity contribution < 1.29 is 9.90 Å². The number of allylic oxidation sites excluding steroid dienone is 3. The third-order valence-electron chi connectivity index (χ3n) is 5.78. The summed E-state index contributed by atoms with van der Waals surface area (Å²) >= 11 is 8.05. The molecule has 168 valence electrons. The van der Waals surface area contributed by atoms with E-state index >= 15 is 0 Å². The smallest absolute Gasteiger partial charge is 0.161 e. The Morgan fingerprint density at radius 1 is 1.31 bits per heavy atom. The van der Waals surface area contributed by atoms with Gasteiger partial charge >= 0.3 is 0 Å². The lowest BCUT2D eigenvalue weighted by Crippen LogP contribution is -2.39. The van der Waals surface area contributed by atoms with Crippen molar-refractivity contribution >= 4 is 34.4 Å². The fraction of sp³-hybridized carbons (Fsp3) is 0.360. The van der Waals surface area contributed by atoms with Crippen LogP contribution in [0.3, 0.4) is 0 Å². The van der Waals surface area contributed by atoms with Gasteiger partial charge in [0.15, 0.2) is 5.78 Å². The van der Waals surface area contributed by atoms with Crippen molar-refractivity contribution in [3.63, 3.8) is 0 Å². The molecule has 1 aromatic carbocycles. The molecule has 1 atom stereocenters. The van der Waals surface area contributed by atoms with Gasteiger partial charge in [0.1, 0.15) is 5.82 Å². The summed E-state index contributed by atoms with van der Waals surface area (Å²) in [6.45, 7) is 7.95. The minimum absolute atomic E-state index is 0.101. The van der Waals surface area contributed by atoms with Gasteiger partial charge < -0.3 is 10.8 Å². The SMILES string of the molecule is CCO.Cc1cc(C2C(C#N)=C(N)N(c3cccc(Cl)c3C)C3=C2C(=O)CCC3)c(C)s1. The van der Waals surface area contributed by atoms with E-state index in [4.69, 9.17) is 22.4 Å². The summed E-state index contributed by atoms with van der Waals surface area (Å²) in [5.74, 6) is 0.0903. The van der Waals surface area contributed by atoms with Crippen molar-refractivity contribution in [2.24, 2.45) is 5.73 Å². The highest BCUT2D eigenvalue weighted by atomic mass is 35.5. The maximum Gasteiger partial charge on any atom is 0.161 e. The molecule has 0 saturated heterocycles. The van der Waals surface area contributed by atoms with Crippen molar-refractivity contribution in [3.8, 4) is 6.07 Å². The molecule has 1 unspecified atom stereocenters. The van der Waals surface area contributed by atoms with Crippen LogP contribution in [-0.4, -0.2) is 17.5 Å². The van der Waals surface area contributed by atoms with E-state index in [9.17, 15) is 10.1 Å². The molecule has 0 bridgehead atoms. The van der Waals surface area contributed by atoms with Gasteiger partial charge in [0.25, 0.3) is 0 Å². The molecule has 3 N–H and O–H groups in total. The molecule has 0 spiro atoms. The number of Topliss-reactive ketones (excluding diaryl/α,β-unsaturated/α-hetero) is 1. The minimum atomic E-state index is -0.400. The van der Waals surface area contributed by atoms with E-state index in [0.29, 0.717) is 28.4 Å². The summed E-state index contributed by atoms with van der Waals surface area (Å²) in [4.78, 5) is 17.3. The lowest BCUT2D eigenvalue weighted by atomic mass is 9.75. The normalized spacial score (nSPS) is 18.2. The summed E-state index contributed by atoms with van der Waals surface area (Å²) in [5, 5.41) is 18.3. The number of carbonyl (C=O) groups excluding carboxylic acids is 1. The Labute approximate surface area is 198 Å². The summed E-state index contributed by atoms with van der Waals surface area (Å²) in [5.41, 5.74) is 11.4. The van der Waals surface area contributed by atoms with E-state index in [2.05, 4.69) is 12.1 Å². The molecule has 7 heteroatoms. The highest BCUT2D eigenvalue weighted by Gasteiger charge is 2.41. The van der Waals surface area contributed by atoms with Gasteiger partial charge in [-0.15, -0.1) is 11.3 Å². The van der Waals surface area contributed by atoms with Gasteiger partial charge in [0.2, 0.25) is 0 Å². The van der Waals surface area contributed by atoms with Crippen molar-refractivity contribution in [1.29, 1.82) is 5.26 Å². The van der Waals surface area contributed by atoms with Crippen molar-refractivity contribution in [1.82, 2.24) is 0 Å². The first-order valence-electron chi connectivity index (χ1n) is 10.7. The Morgan fingerprint density at radius 3 is 2.59 bits per heavy atom. The number of nitriles is 1. The van der Waals surface area contributed by atoms with Gasteiger partial charge in [-0.3, -0.25) is 9.69 Å². The summed E-state index contributed by atoms with van der Waals surface area (Å²) in [6.07, 6.45) is 2.01. The van der Waals surface area contributed by atoms with Crippen molar-refractivity contribution in [2.75, 3.05) is 11.5 Å². The van der Waals surface area contributed by atoms with Crippen molar-refractivity contribution in [3.05, 3.63) is 72.8 Å². The predicted molar refractivity (Wildman–Crippen MR) is 131 cm³/mol. The molecule has 0 amide bonds. The number of aryl methyl sites for hydroxylation is 2. The largest absolute Gasteiger partial charge is 0.397 e. The van der Waals surface area contributed by atoms with E-state index in [1.54, 1.807) is 18.3 Å². The number of carbonyl (C=O) groups is 1. The molecule has 2 aromatic rings. The molecular weight excluding hydrogens is 442 g/mol. The van der Waals surface area contributed by atoms with Crippen LogP contribution in [-0.2, 0) is 4.79 Å². The van der Waals surface area contributed by atoms with E-state index < -0.39 is 5.92 Å². The van der Waals surface area contributed by atoms with E-state index in [1.165, 1.54) is 0 Å². The minimum Gasteiger partial charge on any atom is -0.397 e. The number of hydrogen-bond donors (Lipinski definition) is 2. The number of benzene rings is 1. The van der Waals surface area contributed by atoms with E-state index in [0.717, 1.165) is 45.1 Å². The van der Waals surface area contributed by atoms with Gasteiger partial charge in [-0.05, 0) is 69.9 Å². The molecule has 2 heterocycles. The molecule has 1 aromatic heterocycles. The Bertz CT molecular complexity index is 1160. The van der Waals surface area contributed by atoms with Crippen LogP contribution in [0.1, 0.15) is 53.0 Å². The number of ketones is 1. The van der Waals surface area contributed by atoms with Crippen LogP contribution in [0.2, 0.25) is 5.02 Å². The van der Waals surface area contributed by atoms with Crippen LogP contribution in [0, 0.1) is 32.1 Å². The number of anilines is 1. The zero-order chi connectivity index (χ0) is 23.6. The highest BCUT2D eigenvalue weighted by Crippen LogP contribution is 2.48. The van der Waals surface area contributed by atoms with Gasteiger partial charge in [0, 0.05) is 39.1 Å². The molecule has 0 fully saturated rings. The lowest BCUT2D eigenvalue weighted by molar-refractivity contribution is -0.116. The standard InChI is InChI=1S/C23H22ClN3OS.C2H6O/c1-12-10-15(14(3)29-12)21-16(11-25)23(26)27(18-7-4-6-17(24)13(18)2)19-8-5-9-20(28)22(19)21;1-2-3/h4,6-7,10,21H,5,8-9,26H2,1-3H3;3H,2H2,1H3. The first-order valence-corrected chi connectivity index (χ1v) is 11.8. The average molecular weight is 470 g/mol. The second-order valence-corrected chi connectivity index (χ2v) is 9.75. The molecule has 5 nitrogen and oxygen atoms in total. The number of thiophene rings is 1. The molecule has 0 radical (unpaired) electrons. The number of nitrogens with two attached hydrogens (primary N) is 1. The quantitative estimate of drug-likeness (QED) is 0.594. The zero-order valence-electron chi connectivity index (χ0n) is 18.8. The summed E-state index contributed by atoms with van der Waals surface area (Å²) in [6, 6.07) is 10.0. The first-order chi connectivity index (χ1) is 15.3. The molecule has 1 aliphatic carbocycles. The number of aliphatic hydroxyl groups is 1. The Hall–Kier alpha value is -2.59. The average Bonchev–Trinajstić information content (AvgIpc) is 3.08. The fourth-order valence-electron chi connectivity index (χ4n) is 4.45. The Morgan fingerprint density at radius 2 is 2.00 bits per heavy atom. The number of nitrogens with zero attached hydrogens (tertiary/aromatic N) is 2. The maximum atomic E-state index is 13.1. The highest BCUT2D eigenvalue weighted by molar-refractivity contribution is 7.12. The zero-order valence-corrected chi connectivity index (χ0v) is 20.4. The summed E-state index contributed by atoms with van der Waals surface area (Å²) < 4.78 is 0. The second-order valence-electron chi connectivity index (χ2n) is 7.89. The van der Waals surface area contributed by atoms with Gasteiger partial charge in [-0.2, -0.15) is 5.26 Å². The molecular formula is C25H28ClN3O2S. The molecule has 4 rings (SSSR count). The van der Waals surface area contributed by atoms with Crippen LogP contribution >= 0.6 is 22.9 Å². The number of hydrogen-bond acceptors (Lipinski definition) is 6. The number of aliphatic hydroxyl groups excluding tert-OH is 1. The Balaban J connectivity index is 0.000000913. The molecule has 2 aliphatic rings. The third kappa shape index (κ3) is 4.21. The third-order valence-corrected chi connectivity index (χ3v) is 7.17. The molecule has 0 saturated carbocycles. The topological polar surface area (TPSA) is 90.3 Å². The second kappa shape index (κ2) is 9.91. The Kier molecular flexibility index (Phi) is 7.45. The maximum absolute atomic E-state index is 13.1.